The third-order valence-electron chi connectivity index (χ3n) is 5.30. The van der Waals surface area contributed by atoms with Gasteiger partial charge in [0.25, 0.3) is 0 Å². The quantitative estimate of drug-likeness (QED) is 0.334. The summed E-state index contributed by atoms with van der Waals surface area (Å²) in [6, 6.07) is 3.52. The van der Waals surface area contributed by atoms with Crippen LogP contribution in [0.1, 0.15) is 58.3 Å². The molecule has 0 spiro atoms. The molecule has 0 atom stereocenters. The molecule has 3 aromatic heterocycles. The Morgan fingerprint density at radius 1 is 1.18 bits per heavy atom. The largest absolute Gasteiger partial charge is 0.435 e. The number of rotatable bonds is 9. The summed E-state index contributed by atoms with van der Waals surface area (Å²) in [5.74, 6) is 0.220. The Kier molecular flexibility index (Phi) is 7.79. The number of aromatic nitrogens is 4. The van der Waals surface area contributed by atoms with Crippen LogP contribution < -0.4 is 0 Å². The second-order valence-electron chi connectivity index (χ2n) is 8.45. The zero-order chi connectivity index (χ0) is 24.2. The number of halogens is 3. The molecule has 33 heavy (non-hydrogen) atoms. The lowest BCUT2D eigenvalue weighted by atomic mass is 10.1. The Hall–Kier alpha value is -2.87. The van der Waals surface area contributed by atoms with Gasteiger partial charge in [-0.1, -0.05) is 43.2 Å². The minimum absolute atomic E-state index is 0.121. The summed E-state index contributed by atoms with van der Waals surface area (Å²) < 4.78 is 45.3. The molecule has 5 nitrogen and oxygen atoms in total. The van der Waals surface area contributed by atoms with E-state index in [0.29, 0.717) is 17.7 Å². The van der Waals surface area contributed by atoms with Gasteiger partial charge in [-0.15, -0.1) is 0 Å². The highest BCUT2D eigenvalue weighted by molar-refractivity contribution is 5.80. The molecule has 0 amide bonds. The fourth-order valence-corrected chi connectivity index (χ4v) is 3.89. The van der Waals surface area contributed by atoms with E-state index in [2.05, 4.69) is 42.0 Å². The molecule has 0 aliphatic carbocycles. The fourth-order valence-electron chi connectivity index (χ4n) is 3.89. The van der Waals surface area contributed by atoms with Gasteiger partial charge in [-0.05, 0) is 52.3 Å². The van der Waals surface area contributed by atoms with Crippen LogP contribution in [0, 0.1) is 0 Å². The molecule has 0 N–H and O–H groups in total. The molecule has 0 saturated carbocycles. The van der Waals surface area contributed by atoms with Crippen LogP contribution in [0.15, 0.2) is 47.7 Å². The fraction of sp³-hybridized carbons (Fsp3) is 0.440. The van der Waals surface area contributed by atoms with Gasteiger partial charge in [0.15, 0.2) is 11.3 Å². The van der Waals surface area contributed by atoms with Crippen molar-refractivity contribution in [3.8, 4) is 0 Å². The first-order valence-electron chi connectivity index (χ1n) is 11.3. The molecule has 178 valence electrons. The van der Waals surface area contributed by atoms with Gasteiger partial charge in [0, 0.05) is 25.5 Å². The van der Waals surface area contributed by atoms with Gasteiger partial charge in [-0.2, -0.15) is 13.2 Å². The van der Waals surface area contributed by atoms with Gasteiger partial charge in [0.05, 0.1) is 11.2 Å². The van der Waals surface area contributed by atoms with Crippen molar-refractivity contribution in [2.45, 2.75) is 59.7 Å². The van der Waals surface area contributed by atoms with Crippen molar-refractivity contribution in [1.29, 1.82) is 0 Å². The van der Waals surface area contributed by atoms with E-state index >= 15 is 0 Å². The number of allylic oxidation sites excluding steroid dienone is 4. The topological polar surface area (TPSA) is 38.4 Å². The number of imidazole rings is 2. The minimum atomic E-state index is -4.55. The monoisotopic (exact) mass is 459 g/mol. The number of hydrogen-bond acceptors (Lipinski definition) is 3. The van der Waals surface area contributed by atoms with Crippen molar-refractivity contribution < 1.29 is 13.2 Å². The summed E-state index contributed by atoms with van der Waals surface area (Å²) in [5.41, 5.74) is 2.60. The molecule has 0 bridgehead atoms. The molecule has 0 unspecified atom stereocenters. The maximum Gasteiger partial charge on any atom is 0.435 e. The normalized spacial score (nSPS) is 13.2. The number of pyridine rings is 1. The molecule has 0 aliphatic heterocycles. The van der Waals surface area contributed by atoms with Crippen LogP contribution in [0.2, 0.25) is 0 Å². The molecular formula is C25H32F3N5. The molecule has 0 saturated heterocycles. The molecule has 3 heterocycles. The summed E-state index contributed by atoms with van der Waals surface area (Å²) >= 11 is 0. The summed E-state index contributed by atoms with van der Waals surface area (Å²) in [5, 5.41) is 0. The molecule has 3 aromatic rings. The van der Waals surface area contributed by atoms with Crippen LogP contribution in [0.5, 0.6) is 0 Å². The first-order valence-corrected chi connectivity index (χ1v) is 11.3. The van der Waals surface area contributed by atoms with E-state index in [4.69, 9.17) is 0 Å². The molecule has 0 fully saturated rings. The lowest BCUT2D eigenvalue weighted by Crippen LogP contribution is -2.22. The second-order valence-corrected chi connectivity index (χ2v) is 8.45. The first kappa shape index (κ1) is 24.8. The predicted octanol–water partition coefficient (Wildman–Crippen LogP) is 6.71. The first-order chi connectivity index (χ1) is 15.7. The van der Waals surface area contributed by atoms with E-state index in [9.17, 15) is 13.2 Å². The van der Waals surface area contributed by atoms with Gasteiger partial charge in [0.2, 0.25) is 5.78 Å². The maximum absolute atomic E-state index is 14.0. The van der Waals surface area contributed by atoms with Gasteiger partial charge >= 0.3 is 6.18 Å². The summed E-state index contributed by atoms with van der Waals surface area (Å²) in [6.07, 6.45) is 7.87. The minimum Gasteiger partial charge on any atom is -0.300 e. The maximum atomic E-state index is 14.0. The van der Waals surface area contributed by atoms with Crippen molar-refractivity contribution >= 4 is 23.1 Å². The zero-order valence-corrected chi connectivity index (χ0v) is 19.9. The molecule has 8 heteroatoms. The highest BCUT2D eigenvalue weighted by Crippen LogP contribution is 2.35. The van der Waals surface area contributed by atoms with Crippen LogP contribution in [0.25, 0.3) is 23.1 Å². The Morgan fingerprint density at radius 3 is 2.58 bits per heavy atom. The Morgan fingerprint density at radius 2 is 1.94 bits per heavy atom. The smallest absolute Gasteiger partial charge is 0.300 e. The number of fused-ring (bicyclic) bond motifs is 3. The second kappa shape index (κ2) is 10.4. The van der Waals surface area contributed by atoms with Crippen LogP contribution in [0.3, 0.4) is 0 Å². The van der Waals surface area contributed by atoms with Crippen molar-refractivity contribution in [3.63, 3.8) is 0 Å². The van der Waals surface area contributed by atoms with Gasteiger partial charge in [-0.3, -0.25) is 8.97 Å². The van der Waals surface area contributed by atoms with Crippen LogP contribution in [-0.2, 0) is 12.7 Å². The molecule has 3 rings (SSSR count). The molecule has 0 aromatic carbocycles. The van der Waals surface area contributed by atoms with Crippen molar-refractivity contribution in [2.75, 3.05) is 13.6 Å². The van der Waals surface area contributed by atoms with E-state index in [1.807, 2.05) is 25.8 Å². The number of nitrogens with zero attached hydrogens (tertiary/aromatic N) is 5. The summed E-state index contributed by atoms with van der Waals surface area (Å²) in [6.45, 7) is 8.70. The van der Waals surface area contributed by atoms with Crippen LogP contribution in [0.4, 0.5) is 13.2 Å². The number of hydrogen-bond donors (Lipinski definition) is 0. The standard InChI is InChI=1S/C25H32F3N5/c1-6-8-11-19(10-7-2)13-15-31(5)17-21-22(25(26,27)28)30-24-32(16-18(3)4)23-20(33(21)24)12-9-14-29-23/h8-12,14,16H,6-7,13,15,17H2,1-5H3/b11-8-,19-10+. The molecule has 0 aliphatic rings. The SMILES string of the molecule is CC/C=C\C(=C/CC)CCN(C)Cc1c(C(F)(F)F)nc2n(C=C(C)C)c3ncccc3n12. The third kappa shape index (κ3) is 5.55. The van der Waals surface area contributed by atoms with Gasteiger partial charge in [-0.25, -0.2) is 9.97 Å². The Balaban J connectivity index is 2.05. The van der Waals surface area contributed by atoms with Gasteiger partial charge < -0.3 is 4.90 Å². The third-order valence-corrected chi connectivity index (χ3v) is 5.30. The van der Waals surface area contributed by atoms with E-state index in [1.54, 1.807) is 33.5 Å². The van der Waals surface area contributed by atoms with Gasteiger partial charge in [0.1, 0.15) is 0 Å². The van der Waals surface area contributed by atoms with Crippen molar-refractivity contribution in [2.24, 2.45) is 0 Å². The van der Waals surface area contributed by atoms with E-state index in [-0.39, 0.29) is 18.0 Å². The summed E-state index contributed by atoms with van der Waals surface area (Å²) in [7, 11) is 1.85. The average Bonchev–Trinajstić information content (AvgIpc) is 3.26. The van der Waals surface area contributed by atoms with E-state index in [1.165, 1.54) is 5.57 Å². The van der Waals surface area contributed by atoms with Crippen molar-refractivity contribution in [1.82, 2.24) is 23.8 Å². The van der Waals surface area contributed by atoms with E-state index in [0.717, 1.165) is 24.8 Å². The van der Waals surface area contributed by atoms with Crippen LogP contribution >= 0.6 is 0 Å². The Bertz CT molecular complexity index is 1190. The predicted molar refractivity (Wildman–Crippen MR) is 128 cm³/mol. The van der Waals surface area contributed by atoms with E-state index < -0.39 is 11.9 Å². The lowest BCUT2D eigenvalue weighted by molar-refractivity contribution is -0.141. The number of alkyl halides is 3. The lowest BCUT2D eigenvalue weighted by Gasteiger charge is -2.18. The average molecular weight is 460 g/mol. The van der Waals surface area contributed by atoms with Crippen LogP contribution in [-0.4, -0.2) is 37.4 Å². The highest BCUT2D eigenvalue weighted by atomic mass is 19.4. The Labute approximate surface area is 192 Å². The van der Waals surface area contributed by atoms with Crippen molar-refractivity contribution in [3.05, 3.63) is 59.1 Å². The highest BCUT2D eigenvalue weighted by Gasteiger charge is 2.39. The molecular weight excluding hydrogens is 427 g/mol. The zero-order valence-electron chi connectivity index (χ0n) is 19.9. The summed E-state index contributed by atoms with van der Waals surface area (Å²) in [4.78, 5) is 10.4. The molecule has 0 radical (unpaired) electrons.